The second kappa shape index (κ2) is 4.01. The Kier molecular flexibility index (Phi) is 2.67. The number of aromatic nitrogens is 1. The van der Waals surface area contributed by atoms with Crippen molar-refractivity contribution in [2.45, 2.75) is 0 Å². The molecular formula is C12H12NO4-. The van der Waals surface area contributed by atoms with E-state index in [0.29, 0.717) is 16.9 Å². The molecular weight excluding hydrogens is 222 g/mol. The Labute approximate surface area is 98.2 Å². The van der Waals surface area contributed by atoms with E-state index in [2.05, 4.69) is 0 Å². The van der Waals surface area contributed by atoms with Crippen molar-refractivity contribution in [3.63, 3.8) is 0 Å². The lowest BCUT2D eigenvalue weighted by Crippen LogP contribution is -2.24. The number of fused-ring (bicyclic) bond motifs is 1. The number of carbonyl (C=O) groups excluding carboxylic acids is 1. The van der Waals surface area contributed by atoms with Gasteiger partial charge in [-0.2, -0.15) is 0 Å². The third kappa shape index (κ3) is 1.60. The molecule has 2 rings (SSSR count). The molecule has 17 heavy (non-hydrogen) atoms. The molecule has 0 aliphatic heterocycles. The van der Waals surface area contributed by atoms with Gasteiger partial charge >= 0.3 is 0 Å². The third-order valence-corrected chi connectivity index (χ3v) is 2.77. The van der Waals surface area contributed by atoms with Gasteiger partial charge in [0.15, 0.2) is 11.5 Å². The molecule has 0 N–H and O–H groups in total. The zero-order chi connectivity index (χ0) is 12.6. The minimum Gasteiger partial charge on any atom is -0.543 e. The molecule has 5 nitrogen and oxygen atoms in total. The monoisotopic (exact) mass is 234 g/mol. The van der Waals surface area contributed by atoms with Crippen LogP contribution in [0.2, 0.25) is 0 Å². The first-order chi connectivity index (χ1) is 8.10. The molecule has 0 amide bonds. The molecule has 0 bridgehead atoms. The molecule has 0 fully saturated rings. The highest BCUT2D eigenvalue weighted by molar-refractivity contribution is 5.97. The molecule has 0 unspecified atom stereocenters. The fourth-order valence-corrected chi connectivity index (χ4v) is 1.93. The number of hydrogen-bond acceptors (Lipinski definition) is 4. The van der Waals surface area contributed by atoms with Crippen molar-refractivity contribution in [3.8, 4) is 11.5 Å². The maximum Gasteiger partial charge on any atom is 0.170 e. The third-order valence-electron chi connectivity index (χ3n) is 2.77. The van der Waals surface area contributed by atoms with Gasteiger partial charge in [-0.1, -0.05) is 0 Å². The largest absolute Gasteiger partial charge is 0.543 e. The van der Waals surface area contributed by atoms with Crippen molar-refractivity contribution in [3.05, 3.63) is 23.9 Å². The van der Waals surface area contributed by atoms with Crippen molar-refractivity contribution in [2.75, 3.05) is 14.2 Å². The van der Waals surface area contributed by atoms with Crippen molar-refractivity contribution < 1.29 is 19.4 Å². The van der Waals surface area contributed by atoms with Crippen LogP contribution in [0, 0.1) is 0 Å². The summed E-state index contributed by atoms with van der Waals surface area (Å²) in [6.45, 7) is 0. The Balaban J connectivity index is 2.81. The Morgan fingerprint density at radius 3 is 2.53 bits per heavy atom. The zero-order valence-corrected chi connectivity index (χ0v) is 9.81. The molecule has 5 heteroatoms. The summed E-state index contributed by atoms with van der Waals surface area (Å²) in [6.07, 6.45) is 0. The second-order valence-corrected chi connectivity index (χ2v) is 3.61. The van der Waals surface area contributed by atoms with Crippen LogP contribution >= 0.6 is 0 Å². The van der Waals surface area contributed by atoms with E-state index in [9.17, 15) is 9.90 Å². The highest BCUT2D eigenvalue weighted by Gasteiger charge is 2.14. The van der Waals surface area contributed by atoms with E-state index in [0.717, 1.165) is 5.52 Å². The van der Waals surface area contributed by atoms with Crippen molar-refractivity contribution in [1.82, 2.24) is 4.57 Å². The summed E-state index contributed by atoms with van der Waals surface area (Å²) in [5, 5.41) is 11.6. The van der Waals surface area contributed by atoms with Crippen molar-refractivity contribution in [1.29, 1.82) is 0 Å². The van der Waals surface area contributed by atoms with E-state index in [4.69, 9.17) is 9.47 Å². The maximum absolute atomic E-state index is 10.9. The Morgan fingerprint density at radius 2 is 2.00 bits per heavy atom. The quantitative estimate of drug-likeness (QED) is 0.778. The van der Waals surface area contributed by atoms with Gasteiger partial charge < -0.3 is 23.9 Å². The predicted octanol–water partition coefficient (Wildman–Crippen LogP) is 0.559. The highest BCUT2D eigenvalue weighted by atomic mass is 16.5. The first-order valence-electron chi connectivity index (χ1n) is 5.02. The van der Waals surface area contributed by atoms with E-state index >= 15 is 0 Å². The topological polar surface area (TPSA) is 63.5 Å². The van der Waals surface area contributed by atoms with Gasteiger partial charge in [0.2, 0.25) is 0 Å². The molecule has 2 aromatic rings. The summed E-state index contributed by atoms with van der Waals surface area (Å²) in [4.78, 5) is 10.9. The lowest BCUT2D eigenvalue weighted by molar-refractivity contribution is -0.255. The van der Waals surface area contributed by atoms with Gasteiger partial charge in [-0.15, -0.1) is 0 Å². The molecule has 0 spiro atoms. The smallest absolute Gasteiger partial charge is 0.170 e. The van der Waals surface area contributed by atoms with E-state index in [-0.39, 0.29) is 5.69 Å². The van der Waals surface area contributed by atoms with Crippen molar-refractivity contribution in [2.24, 2.45) is 7.05 Å². The summed E-state index contributed by atoms with van der Waals surface area (Å²) < 4.78 is 12.0. The predicted molar refractivity (Wildman–Crippen MR) is 60.4 cm³/mol. The van der Waals surface area contributed by atoms with E-state index in [1.807, 2.05) is 0 Å². The van der Waals surface area contributed by atoms with Gasteiger partial charge in [0, 0.05) is 12.4 Å². The minimum atomic E-state index is -1.22. The Hall–Kier alpha value is -2.17. The van der Waals surface area contributed by atoms with Crippen LogP contribution in [0.25, 0.3) is 10.9 Å². The van der Waals surface area contributed by atoms with Crippen LogP contribution in [0.3, 0.4) is 0 Å². The molecule has 0 atom stereocenters. The lowest BCUT2D eigenvalue weighted by Gasteiger charge is -2.08. The van der Waals surface area contributed by atoms with Gasteiger partial charge in [-0.3, -0.25) is 0 Å². The number of carboxylic acids is 1. The molecule has 90 valence electrons. The van der Waals surface area contributed by atoms with E-state index in [1.165, 1.54) is 20.3 Å². The number of methoxy groups -OCH3 is 2. The van der Waals surface area contributed by atoms with Gasteiger partial charge in [-0.25, -0.2) is 0 Å². The number of carbonyl (C=O) groups is 1. The van der Waals surface area contributed by atoms with Crippen LogP contribution < -0.4 is 14.6 Å². The number of ether oxygens (including phenoxy) is 2. The molecule has 0 saturated carbocycles. The van der Waals surface area contributed by atoms with Gasteiger partial charge in [0.1, 0.15) is 0 Å². The SMILES string of the molecule is COc1ccc2c(cc(C(=O)[O-])n2C)c1OC. The van der Waals surface area contributed by atoms with Crippen molar-refractivity contribution >= 4 is 16.9 Å². The van der Waals surface area contributed by atoms with Crippen LogP contribution in [0.5, 0.6) is 11.5 Å². The molecule has 0 aliphatic rings. The average molecular weight is 234 g/mol. The number of benzene rings is 1. The summed E-state index contributed by atoms with van der Waals surface area (Å²) in [6, 6.07) is 5.04. The lowest BCUT2D eigenvalue weighted by atomic mass is 10.2. The van der Waals surface area contributed by atoms with Gasteiger partial charge in [-0.05, 0) is 18.2 Å². The number of rotatable bonds is 3. The van der Waals surface area contributed by atoms with E-state index < -0.39 is 5.97 Å². The fraction of sp³-hybridized carbons (Fsp3) is 0.250. The second-order valence-electron chi connectivity index (χ2n) is 3.61. The fourth-order valence-electron chi connectivity index (χ4n) is 1.93. The highest BCUT2D eigenvalue weighted by Crippen LogP contribution is 2.36. The van der Waals surface area contributed by atoms with Gasteiger partial charge in [0.25, 0.3) is 0 Å². The maximum atomic E-state index is 10.9. The van der Waals surface area contributed by atoms with Gasteiger partial charge in [0.05, 0.1) is 31.4 Å². The minimum absolute atomic E-state index is 0.103. The Morgan fingerprint density at radius 1 is 1.29 bits per heavy atom. The summed E-state index contributed by atoms with van der Waals surface area (Å²) in [7, 11) is 4.72. The molecule has 0 radical (unpaired) electrons. The number of nitrogens with zero attached hydrogens (tertiary/aromatic N) is 1. The number of carboxylic acid groups (broad SMARTS) is 1. The van der Waals surface area contributed by atoms with E-state index in [1.54, 1.807) is 23.7 Å². The first kappa shape index (κ1) is 11.3. The number of aromatic carboxylic acids is 1. The average Bonchev–Trinajstić information content (AvgIpc) is 2.65. The molecule has 1 aromatic carbocycles. The Bertz CT molecular complexity index is 586. The zero-order valence-electron chi connectivity index (χ0n) is 9.81. The summed E-state index contributed by atoms with van der Waals surface area (Å²) in [5.74, 6) is -0.131. The van der Waals surface area contributed by atoms with Crippen LogP contribution in [0.4, 0.5) is 0 Å². The van der Waals surface area contributed by atoms with Crippen LogP contribution in [0.15, 0.2) is 18.2 Å². The van der Waals surface area contributed by atoms with Crippen LogP contribution in [-0.4, -0.2) is 24.8 Å². The summed E-state index contributed by atoms with van der Waals surface area (Å²) in [5.41, 5.74) is 0.855. The van der Waals surface area contributed by atoms with Crippen LogP contribution in [-0.2, 0) is 7.05 Å². The molecule has 0 aliphatic carbocycles. The normalized spacial score (nSPS) is 10.5. The summed E-state index contributed by atoms with van der Waals surface area (Å²) >= 11 is 0. The standard InChI is InChI=1S/C12H13NO4/c1-13-8-4-5-10(16-2)11(17-3)7(8)6-9(13)12(14)15/h4-6H,1-3H3,(H,14,15)/p-1. The number of hydrogen-bond donors (Lipinski definition) is 0. The number of aryl methyl sites for hydroxylation is 1. The molecule has 1 aromatic heterocycles. The first-order valence-corrected chi connectivity index (χ1v) is 5.02. The molecule has 0 saturated heterocycles. The molecule has 1 heterocycles. The van der Waals surface area contributed by atoms with Crippen LogP contribution in [0.1, 0.15) is 10.5 Å².